The molecule has 0 bridgehead atoms. The van der Waals surface area contributed by atoms with Crippen molar-refractivity contribution < 1.29 is 13.0 Å². The van der Waals surface area contributed by atoms with Crippen LogP contribution in [0.3, 0.4) is 0 Å². The molecular formula is C28H41NO3S. The minimum absolute atomic E-state index is 0.388. The van der Waals surface area contributed by atoms with Gasteiger partial charge in [0.25, 0.3) is 10.1 Å². The molecule has 0 fully saturated rings. The van der Waals surface area contributed by atoms with E-state index in [-0.39, 0.29) is 0 Å². The molecule has 5 heteroatoms. The Morgan fingerprint density at radius 2 is 1.27 bits per heavy atom. The summed E-state index contributed by atoms with van der Waals surface area (Å²) in [5.74, 6) is 0. The number of aromatic nitrogens is 1. The van der Waals surface area contributed by atoms with Crippen molar-refractivity contribution in [1.29, 1.82) is 0 Å². The Hall–Kier alpha value is -1.85. The Balaban J connectivity index is 2.06. The highest BCUT2D eigenvalue weighted by Crippen LogP contribution is 2.36. The molecule has 3 rings (SSSR count). The molecule has 1 N–H and O–H groups in total. The van der Waals surface area contributed by atoms with Crippen LogP contribution in [-0.2, 0) is 29.5 Å². The molecule has 4 nitrogen and oxygen atoms in total. The third-order valence-electron chi connectivity index (χ3n) is 6.96. The van der Waals surface area contributed by atoms with E-state index in [0.29, 0.717) is 13.0 Å². The van der Waals surface area contributed by atoms with Gasteiger partial charge < -0.3 is 4.57 Å². The number of hydrogen-bond acceptors (Lipinski definition) is 2. The van der Waals surface area contributed by atoms with Crippen LogP contribution in [-0.4, -0.2) is 22.8 Å². The van der Waals surface area contributed by atoms with E-state index in [0.717, 1.165) is 12.8 Å². The van der Waals surface area contributed by atoms with Crippen LogP contribution < -0.4 is 0 Å². The second-order valence-electron chi connectivity index (χ2n) is 9.51. The summed E-state index contributed by atoms with van der Waals surface area (Å²) in [5, 5.41) is 1.91. The monoisotopic (exact) mass is 471 g/mol. The molecule has 1 heterocycles. The Labute approximate surface area is 200 Å². The molecule has 182 valence electrons. The summed E-state index contributed by atoms with van der Waals surface area (Å²) in [7, 11) is -4.03. The summed E-state index contributed by atoms with van der Waals surface area (Å²) in [5.41, 5.74) is 5.16. The lowest BCUT2D eigenvalue weighted by molar-refractivity contribution is 0.462. The predicted octanol–water partition coefficient (Wildman–Crippen LogP) is 7.71. The molecule has 0 radical (unpaired) electrons. The summed E-state index contributed by atoms with van der Waals surface area (Å²) in [6, 6.07) is 13.2. The van der Waals surface area contributed by atoms with Gasteiger partial charge >= 0.3 is 0 Å². The Morgan fingerprint density at radius 1 is 0.788 bits per heavy atom. The lowest BCUT2D eigenvalue weighted by Crippen LogP contribution is -2.18. The van der Waals surface area contributed by atoms with Gasteiger partial charge in [0.2, 0.25) is 0 Å². The van der Waals surface area contributed by atoms with Crippen LogP contribution in [0.15, 0.2) is 36.4 Å². The Bertz CT molecular complexity index is 1080. The maximum Gasteiger partial charge on any atom is 0.267 e. The lowest BCUT2D eigenvalue weighted by Gasteiger charge is -2.12. The number of benzene rings is 2. The highest BCUT2D eigenvalue weighted by molar-refractivity contribution is 7.86. The van der Waals surface area contributed by atoms with Crippen molar-refractivity contribution in [1.82, 2.24) is 4.57 Å². The van der Waals surface area contributed by atoms with Gasteiger partial charge in [-0.25, -0.2) is 0 Å². The zero-order chi connectivity index (χ0) is 23.8. The van der Waals surface area contributed by atoms with Gasteiger partial charge in [-0.3, -0.25) is 4.55 Å². The Morgan fingerprint density at radius 3 is 1.70 bits per heavy atom. The number of aryl methyl sites for hydroxylation is 3. The lowest BCUT2D eigenvalue weighted by atomic mass is 9.96. The van der Waals surface area contributed by atoms with Crippen LogP contribution in [0.4, 0.5) is 0 Å². The average Bonchev–Trinajstić information content (AvgIpc) is 3.12. The summed E-state index contributed by atoms with van der Waals surface area (Å²) in [4.78, 5) is 0. The second kappa shape index (κ2) is 12.0. The maximum absolute atomic E-state index is 11.6. The highest BCUT2D eigenvalue weighted by atomic mass is 32.2. The molecule has 1 aromatic heterocycles. The summed E-state index contributed by atoms with van der Waals surface area (Å²) >= 11 is 0. The molecule has 3 aromatic rings. The fourth-order valence-corrected chi connectivity index (χ4v) is 5.34. The second-order valence-corrected chi connectivity index (χ2v) is 11.3. The van der Waals surface area contributed by atoms with Gasteiger partial charge in [-0.15, -0.1) is 0 Å². The van der Waals surface area contributed by atoms with E-state index < -0.39 is 15.4 Å². The van der Waals surface area contributed by atoms with Crippen LogP contribution >= 0.6 is 0 Å². The van der Waals surface area contributed by atoms with Crippen molar-refractivity contribution in [3.63, 3.8) is 0 Å². The van der Waals surface area contributed by atoms with E-state index in [9.17, 15) is 13.0 Å². The van der Waals surface area contributed by atoms with Crippen LogP contribution in [0, 0.1) is 0 Å². The molecule has 0 aliphatic heterocycles. The fraction of sp³-hybridized carbons (Fsp3) is 0.571. The van der Waals surface area contributed by atoms with Gasteiger partial charge in [-0.2, -0.15) is 8.42 Å². The van der Waals surface area contributed by atoms with Crippen LogP contribution in [0.25, 0.3) is 21.8 Å². The third-order valence-corrected chi connectivity index (χ3v) is 8.21. The SMILES string of the molecule is CCCCCCc1cccc2c1c1c(CCCCCC)cccc1n2CCC(C)S(=O)(=O)O. The number of hydrogen-bond donors (Lipinski definition) is 1. The number of unbranched alkanes of at least 4 members (excludes halogenated alkanes) is 6. The minimum atomic E-state index is -4.03. The van der Waals surface area contributed by atoms with Crippen LogP contribution in [0.1, 0.15) is 89.7 Å². The molecule has 2 aromatic carbocycles. The molecule has 1 atom stereocenters. The first-order chi connectivity index (χ1) is 15.9. The first-order valence-corrected chi connectivity index (χ1v) is 14.4. The van der Waals surface area contributed by atoms with Crippen molar-refractivity contribution >= 4 is 31.9 Å². The smallest absolute Gasteiger partial charge is 0.267 e. The zero-order valence-electron chi connectivity index (χ0n) is 20.6. The van der Waals surface area contributed by atoms with Crippen molar-refractivity contribution in [2.75, 3.05) is 0 Å². The highest BCUT2D eigenvalue weighted by Gasteiger charge is 2.20. The van der Waals surface area contributed by atoms with Gasteiger partial charge in [0.15, 0.2) is 0 Å². The quantitative estimate of drug-likeness (QED) is 0.193. The van der Waals surface area contributed by atoms with Crippen LogP contribution in [0.2, 0.25) is 0 Å². The van der Waals surface area contributed by atoms with Crippen LogP contribution in [0.5, 0.6) is 0 Å². The van der Waals surface area contributed by atoms with E-state index >= 15 is 0 Å². The van der Waals surface area contributed by atoms with E-state index in [1.807, 2.05) is 0 Å². The molecule has 1 unspecified atom stereocenters. The van der Waals surface area contributed by atoms with Gasteiger partial charge in [0.05, 0.1) is 5.25 Å². The number of nitrogens with zero attached hydrogens (tertiary/aromatic N) is 1. The molecule has 0 amide bonds. The topological polar surface area (TPSA) is 59.3 Å². The van der Waals surface area contributed by atoms with E-state index in [1.165, 1.54) is 84.3 Å². The largest absolute Gasteiger partial charge is 0.340 e. The summed E-state index contributed by atoms with van der Waals surface area (Å²) in [6.45, 7) is 6.64. The molecule has 0 saturated carbocycles. The Kier molecular flexibility index (Phi) is 9.39. The normalized spacial score (nSPS) is 13.2. The standard InChI is InChI=1S/C28H41NO3S/c1-4-6-8-10-14-23-16-12-18-25-27(23)28-24(15-11-9-7-5-2)17-13-19-26(28)29(25)21-20-22(3)33(30,31)32/h12-13,16-19,22H,4-11,14-15,20-21H2,1-3H3,(H,30,31,32). The minimum Gasteiger partial charge on any atom is -0.340 e. The van der Waals surface area contributed by atoms with Gasteiger partial charge in [-0.1, -0.05) is 76.6 Å². The van der Waals surface area contributed by atoms with E-state index in [1.54, 1.807) is 6.92 Å². The molecule has 0 spiro atoms. The average molecular weight is 472 g/mol. The van der Waals surface area contributed by atoms with E-state index in [2.05, 4.69) is 54.8 Å². The van der Waals surface area contributed by atoms with Gasteiger partial charge in [-0.05, 0) is 62.3 Å². The fourth-order valence-electron chi connectivity index (χ4n) is 4.93. The summed E-state index contributed by atoms with van der Waals surface area (Å²) < 4.78 is 35.0. The van der Waals surface area contributed by atoms with E-state index in [4.69, 9.17) is 0 Å². The van der Waals surface area contributed by atoms with Crippen molar-refractivity contribution in [3.05, 3.63) is 47.5 Å². The predicted molar refractivity (Wildman–Crippen MR) is 141 cm³/mol. The molecular weight excluding hydrogens is 430 g/mol. The van der Waals surface area contributed by atoms with Gasteiger partial charge in [0.1, 0.15) is 0 Å². The first kappa shape index (κ1) is 25.8. The number of fused-ring (bicyclic) bond motifs is 3. The maximum atomic E-state index is 11.6. The molecule has 33 heavy (non-hydrogen) atoms. The first-order valence-electron chi connectivity index (χ1n) is 12.9. The third kappa shape index (κ3) is 6.39. The molecule has 0 aliphatic rings. The van der Waals surface area contributed by atoms with Crippen molar-refractivity contribution in [2.45, 2.75) is 103 Å². The zero-order valence-corrected chi connectivity index (χ0v) is 21.5. The van der Waals surface area contributed by atoms with Crippen molar-refractivity contribution in [3.8, 4) is 0 Å². The molecule has 0 aliphatic carbocycles. The molecule has 0 saturated heterocycles. The van der Waals surface area contributed by atoms with Crippen molar-refractivity contribution in [2.24, 2.45) is 0 Å². The number of rotatable bonds is 14. The van der Waals surface area contributed by atoms with Gasteiger partial charge in [0, 0.05) is 28.4 Å². The summed E-state index contributed by atoms with van der Waals surface area (Å²) in [6.07, 6.45) is 12.4.